The molecule has 1 fully saturated rings. The minimum Gasteiger partial charge on any atom is -0.492 e. The van der Waals surface area contributed by atoms with Crippen LogP contribution < -0.4 is 4.74 Å². The van der Waals surface area contributed by atoms with Gasteiger partial charge < -0.3 is 14.5 Å². The fourth-order valence-electron chi connectivity index (χ4n) is 3.64. The molecule has 5 heteroatoms. The summed E-state index contributed by atoms with van der Waals surface area (Å²) in [6.07, 6.45) is 0.720. The molecule has 134 valence electrons. The van der Waals surface area contributed by atoms with E-state index >= 15 is 0 Å². The van der Waals surface area contributed by atoms with Crippen molar-refractivity contribution in [1.29, 1.82) is 0 Å². The maximum atomic E-state index is 12.9. The summed E-state index contributed by atoms with van der Waals surface area (Å²) in [5, 5.41) is 0. The van der Waals surface area contributed by atoms with E-state index in [2.05, 4.69) is 0 Å². The molecule has 0 bridgehead atoms. The third-order valence-corrected chi connectivity index (χ3v) is 5.13. The molecule has 2 heterocycles. The highest BCUT2D eigenvalue weighted by Crippen LogP contribution is 2.28. The Morgan fingerprint density at radius 2 is 1.50 bits per heavy atom. The Hall–Kier alpha value is -2.82. The highest BCUT2D eigenvalue weighted by molar-refractivity contribution is 5.94. The molecule has 4 rings (SSSR count). The SMILES string of the molecule is O=C(c1ccccc1)N1CCN(C(=O)C2COc3ccccc3C2)CC1. The summed E-state index contributed by atoms with van der Waals surface area (Å²) in [5.74, 6) is 0.912. The van der Waals surface area contributed by atoms with Crippen LogP contribution in [-0.2, 0) is 11.2 Å². The number of amides is 2. The fraction of sp³-hybridized carbons (Fsp3) is 0.333. The van der Waals surface area contributed by atoms with Crippen LogP contribution in [0.25, 0.3) is 0 Å². The van der Waals surface area contributed by atoms with E-state index in [1.165, 1.54) is 0 Å². The Balaban J connectivity index is 1.35. The summed E-state index contributed by atoms with van der Waals surface area (Å²) in [4.78, 5) is 29.1. The summed E-state index contributed by atoms with van der Waals surface area (Å²) < 4.78 is 5.75. The van der Waals surface area contributed by atoms with Gasteiger partial charge >= 0.3 is 0 Å². The van der Waals surface area contributed by atoms with E-state index in [-0.39, 0.29) is 17.7 Å². The van der Waals surface area contributed by atoms with Gasteiger partial charge in [0.1, 0.15) is 12.4 Å². The topological polar surface area (TPSA) is 49.9 Å². The quantitative estimate of drug-likeness (QED) is 0.834. The molecule has 2 aromatic rings. The molecule has 0 saturated carbocycles. The van der Waals surface area contributed by atoms with Crippen LogP contribution in [0.15, 0.2) is 54.6 Å². The first-order valence-electron chi connectivity index (χ1n) is 9.06. The normalized spacial score (nSPS) is 19.5. The smallest absolute Gasteiger partial charge is 0.253 e. The van der Waals surface area contributed by atoms with Gasteiger partial charge in [-0.3, -0.25) is 9.59 Å². The summed E-state index contributed by atoms with van der Waals surface area (Å²) in [6, 6.07) is 17.2. The molecule has 5 nitrogen and oxygen atoms in total. The average Bonchev–Trinajstić information content (AvgIpc) is 2.73. The van der Waals surface area contributed by atoms with Crippen LogP contribution in [0.3, 0.4) is 0 Å². The average molecular weight is 350 g/mol. The first-order chi connectivity index (χ1) is 12.7. The van der Waals surface area contributed by atoms with Gasteiger partial charge in [-0.25, -0.2) is 0 Å². The van der Waals surface area contributed by atoms with E-state index in [4.69, 9.17) is 4.74 Å². The van der Waals surface area contributed by atoms with Crippen molar-refractivity contribution in [3.8, 4) is 5.75 Å². The van der Waals surface area contributed by atoms with E-state index < -0.39 is 0 Å². The van der Waals surface area contributed by atoms with Crippen molar-refractivity contribution in [2.45, 2.75) is 6.42 Å². The van der Waals surface area contributed by atoms with E-state index in [9.17, 15) is 9.59 Å². The molecule has 2 aromatic carbocycles. The lowest BCUT2D eigenvalue weighted by Gasteiger charge is -2.37. The van der Waals surface area contributed by atoms with Gasteiger partial charge in [-0.15, -0.1) is 0 Å². The van der Waals surface area contributed by atoms with Gasteiger partial charge in [0.15, 0.2) is 0 Å². The molecule has 0 N–H and O–H groups in total. The second-order valence-corrected chi connectivity index (χ2v) is 6.80. The highest BCUT2D eigenvalue weighted by Gasteiger charge is 2.32. The van der Waals surface area contributed by atoms with Crippen LogP contribution >= 0.6 is 0 Å². The zero-order valence-electron chi connectivity index (χ0n) is 14.6. The van der Waals surface area contributed by atoms with E-state index in [0.717, 1.165) is 17.7 Å². The molecule has 2 aliphatic heterocycles. The minimum absolute atomic E-state index is 0.0348. The third kappa shape index (κ3) is 3.29. The highest BCUT2D eigenvalue weighted by atomic mass is 16.5. The van der Waals surface area contributed by atoms with Crippen molar-refractivity contribution >= 4 is 11.8 Å². The van der Waals surface area contributed by atoms with Gasteiger partial charge in [0.2, 0.25) is 5.91 Å². The minimum atomic E-state index is -0.138. The lowest BCUT2D eigenvalue weighted by atomic mass is 9.95. The number of carbonyl (C=O) groups excluding carboxylic acids is 2. The van der Waals surface area contributed by atoms with E-state index in [1.807, 2.05) is 64.4 Å². The van der Waals surface area contributed by atoms with Gasteiger partial charge in [-0.1, -0.05) is 36.4 Å². The Morgan fingerprint density at radius 3 is 2.27 bits per heavy atom. The zero-order chi connectivity index (χ0) is 17.9. The van der Waals surface area contributed by atoms with Crippen molar-refractivity contribution in [3.05, 3.63) is 65.7 Å². The molecular weight excluding hydrogens is 328 g/mol. The second-order valence-electron chi connectivity index (χ2n) is 6.80. The second kappa shape index (κ2) is 7.20. The first-order valence-corrected chi connectivity index (χ1v) is 9.06. The number of rotatable bonds is 2. The van der Waals surface area contributed by atoms with Crippen LogP contribution in [0.2, 0.25) is 0 Å². The number of nitrogens with zero attached hydrogens (tertiary/aromatic N) is 2. The van der Waals surface area contributed by atoms with Crippen LogP contribution in [0.1, 0.15) is 15.9 Å². The van der Waals surface area contributed by atoms with Gasteiger partial charge in [-0.05, 0) is 30.2 Å². The predicted molar refractivity (Wildman–Crippen MR) is 98.1 cm³/mol. The standard InChI is InChI=1S/C21H22N2O3/c24-20(16-6-2-1-3-7-16)22-10-12-23(13-11-22)21(25)18-14-17-8-4-5-9-19(17)26-15-18/h1-9,18H,10-15H2. The maximum Gasteiger partial charge on any atom is 0.253 e. The van der Waals surface area contributed by atoms with Gasteiger partial charge in [0.25, 0.3) is 5.91 Å². The maximum absolute atomic E-state index is 12.9. The molecule has 26 heavy (non-hydrogen) atoms. The number of para-hydroxylation sites is 1. The molecule has 0 radical (unpaired) electrons. The lowest BCUT2D eigenvalue weighted by Crippen LogP contribution is -2.53. The molecule has 0 spiro atoms. The first kappa shape index (κ1) is 16.6. The summed E-state index contributed by atoms with van der Waals surface area (Å²) in [6.45, 7) is 2.73. The fourth-order valence-corrected chi connectivity index (χ4v) is 3.64. The number of ether oxygens (including phenoxy) is 1. The molecule has 0 aliphatic carbocycles. The molecule has 1 unspecified atom stereocenters. The number of carbonyl (C=O) groups is 2. The van der Waals surface area contributed by atoms with Crippen LogP contribution in [-0.4, -0.2) is 54.4 Å². The van der Waals surface area contributed by atoms with Crippen LogP contribution in [0.5, 0.6) is 5.75 Å². The molecule has 0 aromatic heterocycles. The van der Waals surface area contributed by atoms with E-state index in [0.29, 0.717) is 38.3 Å². The molecule has 2 aliphatic rings. The third-order valence-electron chi connectivity index (χ3n) is 5.13. The van der Waals surface area contributed by atoms with Gasteiger partial charge in [0.05, 0.1) is 5.92 Å². The monoisotopic (exact) mass is 350 g/mol. The van der Waals surface area contributed by atoms with Crippen LogP contribution in [0.4, 0.5) is 0 Å². The van der Waals surface area contributed by atoms with Crippen molar-refractivity contribution in [3.63, 3.8) is 0 Å². The number of hydrogen-bond donors (Lipinski definition) is 0. The lowest BCUT2D eigenvalue weighted by molar-refractivity contribution is -0.138. The van der Waals surface area contributed by atoms with Crippen molar-refractivity contribution in [2.24, 2.45) is 5.92 Å². The molecule has 1 atom stereocenters. The van der Waals surface area contributed by atoms with Crippen molar-refractivity contribution in [1.82, 2.24) is 9.80 Å². The number of benzene rings is 2. The number of piperazine rings is 1. The summed E-state index contributed by atoms with van der Waals surface area (Å²) in [7, 11) is 0. The molecular formula is C21H22N2O3. The Bertz CT molecular complexity index is 798. The van der Waals surface area contributed by atoms with Gasteiger partial charge in [0, 0.05) is 31.7 Å². The summed E-state index contributed by atoms with van der Waals surface area (Å²) in [5.41, 5.74) is 1.79. The van der Waals surface area contributed by atoms with Crippen LogP contribution in [0, 0.1) is 5.92 Å². The van der Waals surface area contributed by atoms with Gasteiger partial charge in [-0.2, -0.15) is 0 Å². The molecule has 1 saturated heterocycles. The summed E-state index contributed by atoms with van der Waals surface area (Å²) >= 11 is 0. The van der Waals surface area contributed by atoms with Crippen molar-refractivity contribution < 1.29 is 14.3 Å². The Kier molecular flexibility index (Phi) is 4.61. The predicted octanol–water partition coefficient (Wildman–Crippen LogP) is 2.22. The number of hydrogen-bond acceptors (Lipinski definition) is 3. The largest absolute Gasteiger partial charge is 0.492 e. The Morgan fingerprint density at radius 1 is 0.846 bits per heavy atom. The molecule has 2 amide bonds. The zero-order valence-corrected chi connectivity index (χ0v) is 14.6. The number of fused-ring (bicyclic) bond motifs is 1. The van der Waals surface area contributed by atoms with Crippen molar-refractivity contribution in [2.75, 3.05) is 32.8 Å². The van der Waals surface area contributed by atoms with E-state index in [1.54, 1.807) is 0 Å². The Labute approximate surface area is 153 Å².